The summed E-state index contributed by atoms with van der Waals surface area (Å²) in [7, 11) is 0. The Labute approximate surface area is 118 Å². The van der Waals surface area contributed by atoms with Crippen molar-refractivity contribution >= 4 is 22.6 Å². The molecule has 0 saturated heterocycles. The van der Waals surface area contributed by atoms with E-state index in [-0.39, 0.29) is 5.43 Å². The first-order chi connectivity index (χ1) is 9.76. The minimum atomic E-state index is 0.0937. The van der Waals surface area contributed by atoms with E-state index in [1.807, 2.05) is 30.3 Å². The lowest BCUT2D eigenvalue weighted by atomic mass is 9.94. The van der Waals surface area contributed by atoms with E-state index in [2.05, 4.69) is 19.9 Å². The first-order valence-electron chi connectivity index (χ1n) is 7.19. The normalized spacial score (nSPS) is 14.5. The Morgan fingerprint density at radius 3 is 2.70 bits per heavy atom. The highest BCUT2D eigenvalue weighted by Gasteiger charge is 2.19. The van der Waals surface area contributed by atoms with Crippen LogP contribution in [0.2, 0.25) is 0 Å². The molecule has 102 valence electrons. The number of rotatable bonds is 2. The minimum absolute atomic E-state index is 0.0937. The molecule has 2 aromatic rings. The molecule has 1 aliphatic carbocycles. The number of hydrogen-bond acceptors (Lipinski definition) is 2. The second-order valence-corrected chi connectivity index (χ2v) is 5.06. The van der Waals surface area contributed by atoms with Gasteiger partial charge in [-0.05, 0) is 43.0 Å². The molecule has 20 heavy (non-hydrogen) atoms. The van der Waals surface area contributed by atoms with E-state index in [1.54, 1.807) is 0 Å². The topological polar surface area (TPSA) is 30.2 Å². The molecule has 2 nitrogen and oxygen atoms in total. The van der Waals surface area contributed by atoms with E-state index < -0.39 is 0 Å². The minimum Gasteiger partial charge on any atom is -0.456 e. The van der Waals surface area contributed by atoms with Crippen molar-refractivity contribution < 1.29 is 4.42 Å². The lowest BCUT2D eigenvalue weighted by Crippen LogP contribution is -2.11. The van der Waals surface area contributed by atoms with Crippen LogP contribution in [0.3, 0.4) is 0 Å². The predicted octanol–water partition coefficient (Wildman–Crippen LogP) is 4.78. The van der Waals surface area contributed by atoms with Crippen LogP contribution in [0.4, 0.5) is 0 Å². The Morgan fingerprint density at radius 2 is 1.95 bits per heavy atom. The standard InChI is InChI=1S/C18H18O2/c1-3-12-8-7-11-16-17(13(12)4-2)18(19)14-9-5-6-10-15(14)20-16/h5-7,9-11H,3-4,8H2,1-2H3. The van der Waals surface area contributed by atoms with Crippen molar-refractivity contribution in [3.63, 3.8) is 0 Å². The highest BCUT2D eigenvalue weighted by molar-refractivity contribution is 5.85. The number of hydrogen-bond donors (Lipinski definition) is 0. The summed E-state index contributed by atoms with van der Waals surface area (Å²) in [5, 5.41) is 0.669. The third kappa shape index (κ3) is 1.92. The largest absolute Gasteiger partial charge is 0.456 e. The van der Waals surface area contributed by atoms with Crippen LogP contribution in [0.25, 0.3) is 22.6 Å². The summed E-state index contributed by atoms with van der Waals surface area (Å²) < 4.78 is 5.95. The maximum absolute atomic E-state index is 12.8. The molecule has 2 heteroatoms. The summed E-state index contributed by atoms with van der Waals surface area (Å²) in [6.07, 6.45) is 6.78. The molecule has 0 unspecified atom stereocenters. The summed E-state index contributed by atoms with van der Waals surface area (Å²) in [6.45, 7) is 4.25. The molecule has 0 N–H and O–H groups in total. The second-order valence-electron chi connectivity index (χ2n) is 5.06. The van der Waals surface area contributed by atoms with Crippen molar-refractivity contribution in [1.29, 1.82) is 0 Å². The zero-order valence-corrected chi connectivity index (χ0v) is 11.9. The van der Waals surface area contributed by atoms with E-state index in [0.717, 1.165) is 30.4 Å². The van der Waals surface area contributed by atoms with Crippen LogP contribution in [0.15, 0.2) is 45.1 Å². The summed E-state index contributed by atoms with van der Waals surface area (Å²) in [4.78, 5) is 12.8. The molecule has 0 amide bonds. The fourth-order valence-corrected chi connectivity index (χ4v) is 2.96. The van der Waals surface area contributed by atoms with Gasteiger partial charge in [-0.2, -0.15) is 0 Å². The van der Waals surface area contributed by atoms with E-state index in [1.165, 1.54) is 5.57 Å². The smallest absolute Gasteiger partial charge is 0.200 e. The number of allylic oxidation sites excluding steroid dienone is 3. The number of fused-ring (bicyclic) bond motifs is 2. The molecular weight excluding hydrogens is 248 g/mol. The van der Waals surface area contributed by atoms with Gasteiger partial charge in [0.05, 0.1) is 10.9 Å². The lowest BCUT2D eigenvalue weighted by molar-refractivity contribution is 0.588. The fourth-order valence-electron chi connectivity index (χ4n) is 2.96. The van der Waals surface area contributed by atoms with Crippen molar-refractivity contribution in [2.75, 3.05) is 0 Å². The van der Waals surface area contributed by atoms with E-state index >= 15 is 0 Å². The third-order valence-electron chi connectivity index (χ3n) is 3.97. The number of para-hydroxylation sites is 1. The van der Waals surface area contributed by atoms with Crippen LogP contribution in [0.1, 0.15) is 44.4 Å². The third-order valence-corrected chi connectivity index (χ3v) is 3.97. The Kier molecular flexibility index (Phi) is 3.31. The maximum atomic E-state index is 12.8. The van der Waals surface area contributed by atoms with Crippen molar-refractivity contribution in [3.8, 4) is 0 Å². The van der Waals surface area contributed by atoms with E-state index in [4.69, 9.17) is 4.42 Å². The van der Waals surface area contributed by atoms with E-state index in [9.17, 15) is 4.79 Å². The van der Waals surface area contributed by atoms with Crippen LogP contribution in [0.5, 0.6) is 0 Å². The lowest BCUT2D eigenvalue weighted by Gasteiger charge is -2.12. The van der Waals surface area contributed by atoms with Crippen LogP contribution < -0.4 is 5.43 Å². The average molecular weight is 266 g/mol. The molecule has 0 fully saturated rings. The van der Waals surface area contributed by atoms with Gasteiger partial charge < -0.3 is 4.42 Å². The quantitative estimate of drug-likeness (QED) is 0.782. The van der Waals surface area contributed by atoms with Crippen molar-refractivity contribution in [3.05, 3.63) is 57.5 Å². The van der Waals surface area contributed by atoms with Crippen molar-refractivity contribution in [2.24, 2.45) is 0 Å². The van der Waals surface area contributed by atoms with Crippen LogP contribution in [-0.4, -0.2) is 0 Å². The summed E-state index contributed by atoms with van der Waals surface area (Å²) in [5.41, 5.74) is 4.02. The molecule has 0 bridgehead atoms. The SMILES string of the molecule is CCC1=C(CC)c2c(oc3ccccc3c2=O)C=CC1. The molecule has 1 aliphatic rings. The van der Waals surface area contributed by atoms with Gasteiger partial charge >= 0.3 is 0 Å². The highest BCUT2D eigenvalue weighted by atomic mass is 16.3. The molecule has 3 rings (SSSR count). The first kappa shape index (κ1) is 12.9. The molecule has 0 aliphatic heterocycles. The summed E-state index contributed by atoms with van der Waals surface area (Å²) >= 11 is 0. The maximum Gasteiger partial charge on any atom is 0.200 e. The van der Waals surface area contributed by atoms with Gasteiger partial charge in [0, 0.05) is 0 Å². The molecule has 1 heterocycles. The molecule has 0 radical (unpaired) electrons. The molecule has 1 aromatic carbocycles. The van der Waals surface area contributed by atoms with Crippen LogP contribution in [0, 0.1) is 0 Å². The van der Waals surface area contributed by atoms with Crippen molar-refractivity contribution in [2.45, 2.75) is 33.1 Å². The Morgan fingerprint density at radius 1 is 1.15 bits per heavy atom. The van der Waals surface area contributed by atoms with Gasteiger partial charge in [0.2, 0.25) is 5.43 Å². The zero-order valence-electron chi connectivity index (χ0n) is 11.9. The summed E-state index contributed by atoms with van der Waals surface area (Å²) in [5.74, 6) is 0.703. The molecule has 1 aromatic heterocycles. The fraction of sp³-hybridized carbons (Fsp3) is 0.278. The zero-order chi connectivity index (χ0) is 14.1. The molecule has 0 saturated carbocycles. The van der Waals surface area contributed by atoms with Gasteiger partial charge in [-0.3, -0.25) is 4.79 Å². The van der Waals surface area contributed by atoms with Gasteiger partial charge in [-0.15, -0.1) is 0 Å². The van der Waals surface area contributed by atoms with Crippen LogP contribution in [-0.2, 0) is 0 Å². The molecule has 0 spiro atoms. The second kappa shape index (κ2) is 5.12. The Balaban J connectivity index is 2.44. The van der Waals surface area contributed by atoms with Gasteiger partial charge in [-0.25, -0.2) is 0 Å². The van der Waals surface area contributed by atoms with Crippen molar-refractivity contribution in [1.82, 2.24) is 0 Å². The highest BCUT2D eigenvalue weighted by Crippen LogP contribution is 2.32. The van der Waals surface area contributed by atoms with Gasteiger partial charge in [0.1, 0.15) is 11.3 Å². The van der Waals surface area contributed by atoms with Gasteiger partial charge in [0.15, 0.2) is 0 Å². The Bertz CT molecular complexity index is 776. The van der Waals surface area contributed by atoms with E-state index in [0.29, 0.717) is 16.7 Å². The number of benzene rings is 1. The predicted molar refractivity (Wildman–Crippen MR) is 83.6 cm³/mol. The van der Waals surface area contributed by atoms with Gasteiger partial charge in [-0.1, -0.05) is 37.6 Å². The summed E-state index contributed by atoms with van der Waals surface area (Å²) in [6, 6.07) is 7.47. The Hall–Kier alpha value is -2.09. The van der Waals surface area contributed by atoms with Crippen LogP contribution >= 0.6 is 0 Å². The average Bonchev–Trinajstić information content (AvgIpc) is 2.66. The molecule has 0 atom stereocenters. The monoisotopic (exact) mass is 266 g/mol. The molecular formula is C18H18O2. The first-order valence-corrected chi connectivity index (χ1v) is 7.19. The van der Waals surface area contributed by atoms with Gasteiger partial charge in [0.25, 0.3) is 0 Å².